The van der Waals surface area contributed by atoms with Gasteiger partial charge in [-0.25, -0.2) is 0 Å². The van der Waals surface area contributed by atoms with Gasteiger partial charge in [0, 0.05) is 32.2 Å². The molecule has 21 heavy (non-hydrogen) atoms. The Labute approximate surface area is 135 Å². The van der Waals surface area contributed by atoms with Crippen molar-refractivity contribution >= 4 is 44.2 Å². The number of hydrogen-bond donors (Lipinski definition) is 1. The first-order valence-electron chi connectivity index (χ1n) is 6.25. The monoisotopic (exact) mass is 363 g/mol. The molecule has 0 saturated carbocycles. The molecule has 3 rings (SSSR count). The predicted molar refractivity (Wildman–Crippen MR) is 87.4 cm³/mol. The van der Waals surface area contributed by atoms with Gasteiger partial charge < -0.3 is 9.72 Å². The molecule has 0 aliphatic heterocycles. The topological polar surface area (TPSA) is 42.1 Å². The van der Waals surface area contributed by atoms with E-state index >= 15 is 0 Å². The van der Waals surface area contributed by atoms with Crippen molar-refractivity contribution in [1.29, 1.82) is 0 Å². The summed E-state index contributed by atoms with van der Waals surface area (Å²) in [5.74, 6) is 0.373. The van der Waals surface area contributed by atoms with Gasteiger partial charge in [-0.2, -0.15) is 0 Å². The third-order valence-corrected chi connectivity index (χ3v) is 4.20. The van der Waals surface area contributed by atoms with E-state index < -0.39 is 0 Å². The van der Waals surface area contributed by atoms with Gasteiger partial charge >= 0.3 is 0 Å². The molecule has 0 spiro atoms. The van der Waals surface area contributed by atoms with E-state index in [9.17, 15) is 4.79 Å². The van der Waals surface area contributed by atoms with Gasteiger partial charge in [-0.05, 0) is 30.3 Å². The SMILES string of the molecule is COc1ccc(Cl)cc1C(=O)c1c[nH]c2cccc(Br)c12. The molecule has 5 heteroatoms. The maximum absolute atomic E-state index is 12.8. The van der Waals surface area contributed by atoms with E-state index in [4.69, 9.17) is 16.3 Å². The van der Waals surface area contributed by atoms with Gasteiger partial charge in [0.25, 0.3) is 0 Å². The lowest BCUT2D eigenvalue weighted by Gasteiger charge is -2.08. The third kappa shape index (κ3) is 2.45. The number of ether oxygens (including phenoxy) is 1. The Balaban J connectivity index is 2.20. The summed E-state index contributed by atoms with van der Waals surface area (Å²) in [7, 11) is 1.53. The smallest absolute Gasteiger partial charge is 0.198 e. The Kier molecular flexibility index (Phi) is 3.74. The highest BCUT2D eigenvalue weighted by molar-refractivity contribution is 9.10. The molecule has 0 aliphatic carbocycles. The van der Waals surface area contributed by atoms with Gasteiger partial charge in [-0.1, -0.05) is 33.6 Å². The van der Waals surface area contributed by atoms with Crippen LogP contribution < -0.4 is 4.74 Å². The number of aromatic amines is 1. The molecule has 0 radical (unpaired) electrons. The predicted octanol–water partition coefficient (Wildman–Crippen LogP) is 4.82. The average Bonchev–Trinajstić information content (AvgIpc) is 2.92. The summed E-state index contributed by atoms with van der Waals surface area (Å²) in [5.41, 5.74) is 1.92. The number of carbonyl (C=O) groups excluding carboxylic acids is 1. The van der Waals surface area contributed by atoms with E-state index in [-0.39, 0.29) is 5.78 Å². The zero-order valence-corrected chi connectivity index (χ0v) is 13.5. The van der Waals surface area contributed by atoms with E-state index in [1.54, 1.807) is 24.4 Å². The van der Waals surface area contributed by atoms with Crippen LogP contribution in [0, 0.1) is 0 Å². The summed E-state index contributed by atoms with van der Waals surface area (Å²) in [5, 5.41) is 1.35. The first-order chi connectivity index (χ1) is 10.1. The Hall–Kier alpha value is -1.78. The van der Waals surface area contributed by atoms with E-state index in [1.807, 2.05) is 18.2 Å². The number of ketones is 1. The highest BCUT2D eigenvalue weighted by atomic mass is 79.9. The molecule has 1 aromatic heterocycles. The fourth-order valence-electron chi connectivity index (χ4n) is 2.32. The molecule has 0 fully saturated rings. The summed E-state index contributed by atoms with van der Waals surface area (Å²) in [4.78, 5) is 15.9. The zero-order valence-electron chi connectivity index (χ0n) is 11.1. The van der Waals surface area contributed by atoms with Crippen LogP contribution in [0.15, 0.2) is 47.1 Å². The Morgan fingerprint density at radius 1 is 1.24 bits per heavy atom. The number of halogens is 2. The Bertz CT molecular complexity index is 841. The molecule has 0 aliphatic rings. The van der Waals surface area contributed by atoms with Crippen molar-refractivity contribution in [3.63, 3.8) is 0 Å². The van der Waals surface area contributed by atoms with E-state index in [0.717, 1.165) is 15.4 Å². The van der Waals surface area contributed by atoms with Gasteiger partial charge in [0.2, 0.25) is 0 Å². The minimum atomic E-state index is -0.132. The number of rotatable bonds is 3. The van der Waals surface area contributed by atoms with Crippen molar-refractivity contribution in [1.82, 2.24) is 4.98 Å². The summed E-state index contributed by atoms with van der Waals surface area (Å²) >= 11 is 9.49. The highest BCUT2D eigenvalue weighted by Gasteiger charge is 2.19. The number of nitrogens with one attached hydrogen (secondary N) is 1. The summed E-state index contributed by atoms with van der Waals surface area (Å²) < 4.78 is 6.13. The van der Waals surface area contributed by atoms with E-state index in [1.165, 1.54) is 7.11 Å². The standard InChI is InChI=1S/C16H11BrClNO2/c1-21-14-6-5-9(18)7-10(14)16(20)11-8-19-13-4-2-3-12(17)15(11)13/h2-8,19H,1H3. The van der Waals surface area contributed by atoms with Gasteiger partial charge in [0.1, 0.15) is 5.75 Å². The molecule has 0 amide bonds. The van der Waals surface area contributed by atoms with Crippen LogP contribution in [0.2, 0.25) is 5.02 Å². The minimum Gasteiger partial charge on any atom is -0.496 e. The normalized spacial score (nSPS) is 10.8. The van der Waals surface area contributed by atoms with Gasteiger partial charge in [0.05, 0.1) is 12.7 Å². The van der Waals surface area contributed by atoms with Crippen LogP contribution in [0.4, 0.5) is 0 Å². The maximum Gasteiger partial charge on any atom is 0.198 e. The number of fused-ring (bicyclic) bond motifs is 1. The van der Waals surface area contributed by atoms with Crippen LogP contribution >= 0.6 is 27.5 Å². The van der Waals surface area contributed by atoms with Gasteiger partial charge in [-0.3, -0.25) is 4.79 Å². The molecule has 0 unspecified atom stereocenters. The van der Waals surface area contributed by atoms with Gasteiger partial charge in [-0.15, -0.1) is 0 Å². The largest absolute Gasteiger partial charge is 0.496 e. The van der Waals surface area contributed by atoms with E-state index in [2.05, 4.69) is 20.9 Å². The summed E-state index contributed by atoms with van der Waals surface area (Å²) in [6, 6.07) is 10.8. The summed E-state index contributed by atoms with van der Waals surface area (Å²) in [6.45, 7) is 0. The fourth-order valence-corrected chi connectivity index (χ4v) is 3.07. The van der Waals surface area contributed by atoms with Crippen molar-refractivity contribution < 1.29 is 9.53 Å². The molecule has 0 atom stereocenters. The molecule has 2 aromatic carbocycles. The molecule has 3 nitrogen and oxygen atoms in total. The number of methoxy groups -OCH3 is 1. The number of aromatic nitrogens is 1. The number of hydrogen-bond acceptors (Lipinski definition) is 2. The molecule has 106 valence electrons. The molecule has 1 N–H and O–H groups in total. The Morgan fingerprint density at radius 3 is 2.81 bits per heavy atom. The molecule has 3 aromatic rings. The summed E-state index contributed by atoms with van der Waals surface area (Å²) in [6.07, 6.45) is 1.71. The zero-order chi connectivity index (χ0) is 15.0. The second kappa shape index (κ2) is 5.54. The number of benzene rings is 2. The molecular weight excluding hydrogens is 354 g/mol. The van der Waals surface area contributed by atoms with E-state index in [0.29, 0.717) is 21.9 Å². The molecule has 0 saturated heterocycles. The first-order valence-corrected chi connectivity index (χ1v) is 7.42. The molecule has 1 heterocycles. The quantitative estimate of drug-likeness (QED) is 0.677. The molecule has 0 bridgehead atoms. The van der Waals surface area contributed by atoms with Crippen LogP contribution in [0.3, 0.4) is 0 Å². The van der Waals surface area contributed by atoms with Crippen molar-refractivity contribution in [2.45, 2.75) is 0 Å². The third-order valence-electron chi connectivity index (χ3n) is 3.31. The van der Waals surface area contributed by atoms with Crippen LogP contribution in [-0.2, 0) is 0 Å². The minimum absolute atomic E-state index is 0.132. The van der Waals surface area contributed by atoms with Crippen molar-refractivity contribution in [2.75, 3.05) is 7.11 Å². The second-order valence-corrected chi connectivity index (χ2v) is 5.83. The van der Waals surface area contributed by atoms with Crippen molar-refractivity contribution in [2.24, 2.45) is 0 Å². The number of H-pyrrole nitrogens is 1. The lowest BCUT2D eigenvalue weighted by atomic mass is 10.0. The second-order valence-electron chi connectivity index (χ2n) is 4.54. The number of carbonyl (C=O) groups is 1. The van der Waals surface area contributed by atoms with Crippen LogP contribution in [0.25, 0.3) is 10.9 Å². The van der Waals surface area contributed by atoms with Crippen molar-refractivity contribution in [3.8, 4) is 5.75 Å². The van der Waals surface area contributed by atoms with Crippen molar-refractivity contribution in [3.05, 3.63) is 63.2 Å². The Morgan fingerprint density at radius 2 is 2.05 bits per heavy atom. The van der Waals surface area contributed by atoms with Crippen LogP contribution in [0.1, 0.15) is 15.9 Å². The maximum atomic E-state index is 12.8. The fraction of sp³-hybridized carbons (Fsp3) is 0.0625. The van der Waals surface area contributed by atoms with Gasteiger partial charge in [0.15, 0.2) is 5.78 Å². The molecular formula is C16H11BrClNO2. The highest BCUT2D eigenvalue weighted by Crippen LogP contribution is 2.31. The first kappa shape index (κ1) is 14.2. The van der Waals surface area contributed by atoms with Crippen LogP contribution in [0.5, 0.6) is 5.75 Å². The van der Waals surface area contributed by atoms with Crippen LogP contribution in [-0.4, -0.2) is 17.9 Å². The lowest BCUT2D eigenvalue weighted by molar-refractivity contribution is 0.103. The lowest BCUT2D eigenvalue weighted by Crippen LogP contribution is -2.03. The average molecular weight is 365 g/mol.